The van der Waals surface area contributed by atoms with Crippen molar-refractivity contribution in [3.05, 3.63) is 35.9 Å². The van der Waals surface area contributed by atoms with Gasteiger partial charge in [0.25, 0.3) is 0 Å². The van der Waals surface area contributed by atoms with Crippen LogP contribution in [0.2, 0.25) is 0 Å². The van der Waals surface area contributed by atoms with Crippen LogP contribution in [0.4, 0.5) is 0 Å². The maximum Gasteiger partial charge on any atom is 0.306 e. The summed E-state index contributed by atoms with van der Waals surface area (Å²) in [5.74, 6) is -1.29. The number of carboxylic acid groups (broad SMARTS) is 1. The normalized spacial score (nSPS) is 22.7. The molecular formula is C16H21NO4. The zero-order chi connectivity index (χ0) is 15.2. The Hall–Kier alpha value is -1.88. The molecule has 0 saturated heterocycles. The molecule has 0 bridgehead atoms. The van der Waals surface area contributed by atoms with Gasteiger partial charge in [-0.25, -0.2) is 0 Å². The van der Waals surface area contributed by atoms with E-state index in [1.807, 2.05) is 30.3 Å². The zero-order valence-electron chi connectivity index (χ0n) is 12.1. The van der Waals surface area contributed by atoms with E-state index in [1.54, 1.807) is 6.92 Å². The van der Waals surface area contributed by atoms with Crippen LogP contribution in [0.25, 0.3) is 0 Å². The number of rotatable bonds is 6. The minimum Gasteiger partial charge on any atom is -0.481 e. The lowest BCUT2D eigenvalue weighted by molar-refractivity contribution is -0.141. The average Bonchev–Trinajstić information content (AvgIpc) is 2.94. The molecule has 1 saturated carbocycles. The summed E-state index contributed by atoms with van der Waals surface area (Å²) in [5, 5.41) is 11.8. The fourth-order valence-corrected chi connectivity index (χ4v) is 2.53. The lowest BCUT2D eigenvalue weighted by atomic mass is 10.1. The molecule has 1 fully saturated rings. The standard InChI is InChI=1S/C16H21NO4/c1-11(21-10-12-5-3-2-4-6-12)15(18)17-14-8-7-13(9-14)16(19)20/h2-6,11,13-14H,7-10H2,1H3,(H,17,18)(H,19,20)/t11?,13-,14+/m1/s1. The summed E-state index contributed by atoms with van der Waals surface area (Å²) in [6.45, 7) is 2.10. The van der Waals surface area contributed by atoms with Crippen molar-refractivity contribution in [3.63, 3.8) is 0 Å². The number of hydrogen-bond donors (Lipinski definition) is 2. The lowest BCUT2D eigenvalue weighted by Crippen LogP contribution is -2.40. The van der Waals surface area contributed by atoms with Crippen LogP contribution in [0.3, 0.4) is 0 Å². The van der Waals surface area contributed by atoms with Gasteiger partial charge >= 0.3 is 5.97 Å². The Balaban J connectivity index is 1.74. The van der Waals surface area contributed by atoms with Gasteiger partial charge in [-0.3, -0.25) is 9.59 Å². The van der Waals surface area contributed by atoms with Crippen molar-refractivity contribution in [1.29, 1.82) is 0 Å². The summed E-state index contributed by atoms with van der Waals surface area (Å²) in [5.41, 5.74) is 1.02. The molecule has 0 aliphatic heterocycles. The first-order chi connectivity index (χ1) is 10.1. The van der Waals surface area contributed by atoms with Crippen LogP contribution in [0.5, 0.6) is 0 Å². The van der Waals surface area contributed by atoms with Crippen LogP contribution in [-0.4, -0.2) is 29.1 Å². The monoisotopic (exact) mass is 291 g/mol. The number of carbonyl (C=O) groups is 2. The number of benzene rings is 1. The molecule has 1 aromatic carbocycles. The first kappa shape index (κ1) is 15.5. The third kappa shape index (κ3) is 4.56. The molecule has 1 aromatic rings. The van der Waals surface area contributed by atoms with E-state index in [4.69, 9.17) is 9.84 Å². The molecule has 5 heteroatoms. The second-order valence-electron chi connectivity index (χ2n) is 5.49. The number of carbonyl (C=O) groups excluding carboxylic acids is 1. The van der Waals surface area contributed by atoms with Crippen molar-refractivity contribution in [1.82, 2.24) is 5.32 Å². The molecule has 0 heterocycles. The van der Waals surface area contributed by atoms with E-state index in [1.165, 1.54) is 0 Å². The van der Waals surface area contributed by atoms with Gasteiger partial charge in [0, 0.05) is 6.04 Å². The van der Waals surface area contributed by atoms with Crippen molar-refractivity contribution in [2.24, 2.45) is 5.92 Å². The largest absolute Gasteiger partial charge is 0.481 e. The van der Waals surface area contributed by atoms with Crippen molar-refractivity contribution in [3.8, 4) is 0 Å². The quantitative estimate of drug-likeness (QED) is 0.840. The molecule has 0 spiro atoms. The minimum atomic E-state index is -0.778. The van der Waals surface area contributed by atoms with Gasteiger partial charge in [-0.15, -0.1) is 0 Å². The Morgan fingerprint density at radius 1 is 1.33 bits per heavy atom. The van der Waals surface area contributed by atoms with Crippen LogP contribution in [-0.2, 0) is 20.9 Å². The molecule has 3 atom stereocenters. The van der Waals surface area contributed by atoms with Gasteiger partial charge < -0.3 is 15.2 Å². The first-order valence-electron chi connectivity index (χ1n) is 7.25. The van der Waals surface area contributed by atoms with Crippen LogP contribution >= 0.6 is 0 Å². The fourth-order valence-electron chi connectivity index (χ4n) is 2.53. The number of carboxylic acids is 1. The molecule has 2 rings (SSSR count). The van der Waals surface area contributed by atoms with E-state index in [9.17, 15) is 9.59 Å². The molecule has 0 radical (unpaired) electrons. The lowest BCUT2D eigenvalue weighted by Gasteiger charge is -2.17. The van der Waals surface area contributed by atoms with Crippen LogP contribution < -0.4 is 5.32 Å². The summed E-state index contributed by atoms with van der Waals surface area (Å²) in [7, 11) is 0. The van der Waals surface area contributed by atoms with Gasteiger partial charge in [0.2, 0.25) is 5.91 Å². The molecule has 114 valence electrons. The summed E-state index contributed by atoms with van der Waals surface area (Å²) in [6, 6.07) is 9.61. The molecule has 0 aromatic heterocycles. The van der Waals surface area contributed by atoms with Crippen LogP contribution in [0, 0.1) is 5.92 Å². The third-order valence-corrected chi connectivity index (χ3v) is 3.84. The second kappa shape index (κ2) is 7.22. The molecule has 5 nitrogen and oxygen atoms in total. The van der Waals surface area contributed by atoms with Gasteiger partial charge in [0.15, 0.2) is 0 Å². The van der Waals surface area contributed by atoms with Gasteiger partial charge in [0.05, 0.1) is 12.5 Å². The van der Waals surface area contributed by atoms with Gasteiger partial charge in [-0.1, -0.05) is 30.3 Å². The molecule has 21 heavy (non-hydrogen) atoms. The Bertz CT molecular complexity index is 488. The van der Waals surface area contributed by atoms with Crippen molar-refractivity contribution >= 4 is 11.9 Å². The van der Waals surface area contributed by atoms with Crippen molar-refractivity contribution < 1.29 is 19.4 Å². The van der Waals surface area contributed by atoms with E-state index in [0.29, 0.717) is 25.9 Å². The highest BCUT2D eigenvalue weighted by Gasteiger charge is 2.31. The number of hydrogen-bond acceptors (Lipinski definition) is 3. The van der Waals surface area contributed by atoms with E-state index in [-0.39, 0.29) is 17.9 Å². The summed E-state index contributed by atoms with van der Waals surface area (Å²) < 4.78 is 5.55. The number of ether oxygens (including phenoxy) is 1. The third-order valence-electron chi connectivity index (χ3n) is 3.84. The van der Waals surface area contributed by atoms with Gasteiger partial charge in [-0.2, -0.15) is 0 Å². The Morgan fingerprint density at radius 2 is 2.05 bits per heavy atom. The Kier molecular flexibility index (Phi) is 5.33. The van der Waals surface area contributed by atoms with E-state index in [2.05, 4.69) is 5.32 Å². The summed E-state index contributed by atoms with van der Waals surface area (Å²) in [6.07, 6.45) is 1.30. The molecule has 1 aliphatic rings. The van der Waals surface area contributed by atoms with Crippen LogP contribution in [0.1, 0.15) is 31.7 Å². The van der Waals surface area contributed by atoms with E-state index < -0.39 is 12.1 Å². The molecule has 1 unspecified atom stereocenters. The fraction of sp³-hybridized carbons (Fsp3) is 0.500. The van der Waals surface area contributed by atoms with E-state index >= 15 is 0 Å². The smallest absolute Gasteiger partial charge is 0.306 e. The number of aliphatic carboxylic acids is 1. The highest BCUT2D eigenvalue weighted by Crippen LogP contribution is 2.25. The SMILES string of the molecule is CC(OCc1ccccc1)C(=O)N[C@H]1CC[C@@H](C(=O)O)C1. The number of nitrogens with one attached hydrogen (secondary N) is 1. The Labute approximate surface area is 124 Å². The maximum atomic E-state index is 12.0. The first-order valence-corrected chi connectivity index (χ1v) is 7.25. The molecular weight excluding hydrogens is 270 g/mol. The summed E-state index contributed by atoms with van der Waals surface area (Å²) >= 11 is 0. The minimum absolute atomic E-state index is 0.0543. The van der Waals surface area contributed by atoms with Crippen molar-refractivity contribution in [2.45, 2.75) is 44.9 Å². The van der Waals surface area contributed by atoms with Gasteiger partial charge in [-0.05, 0) is 31.7 Å². The highest BCUT2D eigenvalue weighted by atomic mass is 16.5. The predicted octanol–water partition coefficient (Wildman–Crippen LogP) is 1.96. The Morgan fingerprint density at radius 3 is 2.67 bits per heavy atom. The molecule has 1 amide bonds. The predicted molar refractivity (Wildman–Crippen MR) is 77.6 cm³/mol. The molecule has 1 aliphatic carbocycles. The average molecular weight is 291 g/mol. The topological polar surface area (TPSA) is 75.6 Å². The highest BCUT2D eigenvalue weighted by molar-refractivity contribution is 5.80. The number of amides is 1. The zero-order valence-corrected chi connectivity index (χ0v) is 12.1. The second-order valence-corrected chi connectivity index (χ2v) is 5.49. The van der Waals surface area contributed by atoms with Crippen molar-refractivity contribution in [2.75, 3.05) is 0 Å². The summed E-state index contributed by atoms with van der Waals surface area (Å²) in [4.78, 5) is 22.9. The van der Waals surface area contributed by atoms with Gasteiger partial charge in [0.1, 0.15) is 6.10 Å². The van der Waals surface area contributed by atoms with E-state index in [0.717, 1.165) is 5.56 Å². The van der Waals surface area contributed by atoms with Crippen LogP contribution in [0.15, 0.2) is 30.3 Å². The molecule has 2 N–H and O–H groups in total. The maximum absolute atomic E-state index is 12.0.